The van der Waals surface area contributed by atoms with Gasteiger partial charge in [-0.05, 0) is 36.5 Å². The van der Waals surface area contributed by atoms with Gasteiger partial charge >= 0.3 is 0 Å². The van der Waals surface area contributed by atoms with Crippen molar-refractivity contribution < 1.29 is 14.4 Å². The van der Waals surface area contributed by atoms with Crippen molar-refractivity contribution in [3.05, 3.63) is 66.2 Å². The highest BCUT2D eigenvalue weighted by Gasteiger charge is 2.42. The van der Waals surface area contributed by atoms with Gasteiger partial charge in [0.05, 0.1) is 0 Å². The number of benzene rings is 2. The van der Waals surface area contributed by atoms with Crippen LogP contribution >= 0.6 is 11.8 Å². The summed E-state index contributed by atoms with van der Waals surface area (Å²) in [6.07, 6.45) is 7.31. The minimum absolute atomic E-state index is 0.131. The highest BCUT2D eigenvalue weighted by atomic mass is 32.2. The first-order valence-electron chi connectivity index (χ1n) is 12.2. The molecule has 3 amide bonds. The fraction of sp³-hybridized carbons (Fsp3) is 0.444. The summed E-state index contributed by atoms with van der Waals surface area (Å²) in [7, 11) is 0. The molecule has 1 aliphatic carbocycles. The molecule has 1 saturated carbocycles. The molecular formula is C27H33N3O3S. The Bertz CT molecular complexity index is 964. The van der Waals surface area contributed by atoms with Crippen molar-refractivity contribution in [1.29, 1.82) is 0 Å². The van der Waals surface area contributed by atoms with Gasteiger partial charge in [-0.15, -0.1) is 0 Å². The van der Waals surface area contributed by atoms with E-state index in [4.69, 9.17) is 0 Å². The number of nitrogens with one attached hydrogen (secondary N) is 3. The summed E-state index contributed by atoms with van der Waals surface area (Å²) in [6, 6.07) is 18.4. The number of hydrogen-bond donors (Lipinski definition) is 3. The van der Waals surface area contributed by atoms with Crippen molar-refractivity contribution >= 4 is 29.5 Å². The maximum absolute atomic E-state index is 13.3. The van der Waals surface area contributed by atoms with Crippen LogP contribution in [0.15, 0.2) is 65.6 Å². The van der Waals surface area contributed by atoms with Crippen LogP contribution in [0.1, 0.15) is 50.5 Å². The highest BCUT2D eigenvalue weighted by molar-refractivity contribution is 8.00. The molecule has 180 valence electrons. The third-order valence-corrected chi connectivity index (χ3v) is 7.79. The van der Waals surface area contributed by atoms with Crippen molar-refractivity contribution in [2.24, 2.45) is 5.92 Å². The maximum atomic E-state index is 13.3. The van der Waals surface area contributed by atoms with E-state index in [-0.39, 0.29) is 23.1 Å². The van der Waals surface area contributed by atoms with Gasteiger partial charge in [0.15, 0.2) is 0 Å². The number of carbonyl (C=O) groups is 3. The molecule has 2 aromatic carbocycles. The lowest BCUT2D eigenvalue weighted by molar-refractivity contribution is -0.136. The topological polar surface area (TPSA) is 87.3 Å². The van der Waals surface area contributed by atoms with Crippen molar-refractivity contribution in [2.75, 3.05) is 0 Å². The third kappa shape index (κ3) is 6.86. The lowest BCUT2D eigenvalue weighted by atomic mass is 9.84. The lowest BCUT2D eigenvalue weighted by Crippen LogP contribution is -2.69. The molecule has 34 heavy (non-hydrogen) atoms. The first-order chi connectivity index (χ1) is 16.6. The summed E-state index contributed by atoms with van der Waals surface area (Å²) in [5.74, 6) is -0.164. The summed E-state index contributed by atoms with van der Waals surface area (Å²) >= 11 is 1.52. The van der Waals surface area contributed by atoms with Gasteiger partial charge in [-0.1, -0.05) is 92.4 Å². The molecule has 1 aliphatic heterocycles. The lowest BCUT2D eigenvalue weighted by Gasteiger charge is -2.37. The average Bonchev–Trinajstić information content (AvgIpc) is 2.87. The Balaban J connectivity index is 1.36. The standard InChI is InChI=1S/C27H33N3O3S/c31-23(17-16-19-10-4-1-5-11-19)28-22(18-20-12-6-2-7-13-20)25(32)29-24-26(33)30-27(24)34-21-14-8-3-9-15-21/h1,3-5,8-11,14-15,20,22,24,27H,2,6-7,12-13,16-18H2,(H,28,31)(H,29,32)(H,30,33)/t22-,24-,27?/m0/s1. The molecule has 0 radical (unpaired) electrons. The van der Waals surface area contributed by atoms with Crippen LogP contribution < -0.4 is 16.0 Å². The molecule has 6 nitrogen and oxygen atoms in total. The Labute approximate surface area is 205 Å². The first-order valence-corrected chi connectivity index (χ1v) is 13.1. The number of β-lactam (4-membered cyclic amide) rings is 1. The molecule has 1 unspecified atom stereocenters. The van der Waals surface area contributed by atoms with Gasteiger partial charge in [-0.2, -0.15) is 0 Å². The fourth-order valence-electron chi connectivity index (χ4n) is 4.65. The van der Waals surface area contributed by atoms with Gasteiger partial charge < -0.3 is 16.0 Å². The van der Waals surface area contributed by atoms with E-state index in [0.717, 1.165) is 23.3 Å². The van der Waals surface area contributed by atoms with E-state index >= 15 is 0 Å². The van der Waals surface area contributed by atoms with Crippen LogP contribution in [0.25, 0.3) is 0 Å². The third-order valence-electron chi connectivity index (χ3n) is 6.60. The molecule has 1 heterocycles. The second-order valence-corrected chi connectivity index (χ2v) is 10.4. The zero-order valence-electron chi connectivity index (χ0n) is 19.4. The zero-order chi connectivity index (χ0) is 23.8. The smallest absolute Gasteiger partial charge is 0.246 e. The molecule has 7 heteroatoms. The molecule has 0 bridgehead atoms. The van der Waals surface area contributed by atoms with E-state index in [1.165, 1.54) is 31.0 Å². The van der Waals surface area contributed by atoms with Crippen LogP contribution in [0.4, 0.5) is 0 Å². The number of aryl methyl sites for hydroxylation is 1. The van der Waals surface area contributed by atoms with Crippen LogP contribution in [0.5, 0.6) is 0 Å². The van der Waals surface area contributed by atoms with Crippen LogP contribution in [0, 0.1) is 5.92 Å². The van der Waals surface area contributed by atoms with Crippen molar-refractivity contribution in [2.45, 2.75) is 73.7 Å². The first kappa shape index (κ1) is 24.3. The SMILES string of the molecule is O=C(CCc1ccccc1)N[C@@H](CC1CCCCC1)C(=O)N[C@H]1C(=O)NC1Sc1ccccc1. The zero-order valence-corrected chi connectivity index (χ0v) is 20.2. The van der Waals surface area contributed by atoms with E-state index in [1.807, 2.05) is 60.7 Å². The second kappa shape index (κ2) is 12.1. The molecular weight excluding hydrogens is 446 g/mol. The molecule has 2 fully saturated rings. The Morgan fingerprint density at radius 2 is 1.65 bits per heavy atom. The quantitative estimate of drug-likeness (QED) is 0.452. The number of amides is 3. The summed E-state index contributed by atoms with van der Waals surface area (Å²) in [4.78, 5) is 39.3. The summed E-state index contributed by atoms with van der Waals surface area (Å²) in [6.45, 7) is 0. The Morgan fingerprint density at radius 3 is 2.32 bits per heavy atom. The number of hydrogen-bond acceptors (Lipinski definition) is 4. The molecule has 3 atom stereocenters. The Morgan fingerprint density at radius 1 is 0.971 bits per heavy atom. The molecule has 2 aromatic rings. The molecule has 0 aromatic heterocycles. The highest BCUT2D eigenvalue weighted by Crippen LogP contribution is 2.29. The van der Waals surface area contributed by atoms with E-state index in [9.17, 15) is 14.4 Å². The van der Waals surface area contributed by atoms with Gasteiger partial charge in [0.2, 0.25) is 17.7 Å². The van der Waals surface area contributed by atoms with E-state index in [1.54, 1.807) is 0 Å². The van der Waals surface area contributed by atoms with Crippen LogP contribution in [-0.4, -0.2) is 35.2 Å². The normalized spacial score (nSPS) is 21.1. The van der Waals surface area contributed by atoms with E-state index in [0.29, 0.717) is 25.2 Å². The molecule has 4 rings (SSSR count). The van der Waals surface area contributed by atoms with Crippen LogP contribution in [0.2, 0.25) is 0 Å². The van der Waals surface area contributed by atoms with Gasteiger partial charge in [0, 0.05) is 11.3 Å². The Kier molecular flexibility index (Phi) is 8.63. The molecule has 2 aliphatic rings. The monoisotopic (exact) mass is 479 g/mol. The predicted octanol–water partition coefficient (Wildman–Crippen LogP) is 3.81. The fourth-order valence-corrected chi connectivity index (χ4v) is 5.76. The Hall–Kier alpha value is -2.80. The van der Waals surface area contributed by atoms with Crippen LogP contribution in [0.3, 0.4) is 0 Å². The van der Waals surface area contributed by atoms with Crippen molar-refractivity contribution in [3.8, 4) is 0 Å². The number of rotatable bonds is 10. The van der Waals surface area contributed by atoms with Crippen molar-refractivity contribution in [1.82, 2.24) is 16.0 Å². The van der Waals surface area contributed by atoms with E-state index < -0.39 is 12.1 Å². The van der Waals surface area contributed by atoms with Gasteiger partial charge in [0.25, 0.3) is 0 Å². The molecule has 1 saturated heterocycles. The van der Waals surface area contributed by atoms with Gasteiger partial charge in [0.1, 0.15) is 17.5 Å². The maximum Gasteiger partial charge on any atom is 0.246 e. The average molecular weight is 480 g/mol. The second-order valence-electron chi connectivity index (χ2n) is 9.19. The number of thioether (sulfide) groups is 1. The van der Waals surface area contributed by atoms with Gasteiger partial charge in [-0.25, -0.2) is 0 Å². The molecule has 3 N–H and O–H groups in total. The number of carbonyl (C=O) groups excluding carboxylic acids is 3. The van der Waals surface area contributed by atoms with Crippen molar-refractivity contribution in [3.63, 3.8) is 0 Å². The molecule has 0 spiro atoms. The minimum Gasteiger partial charge on any atom is -0.344 e. The summed E-state index contributed by atoms with van der Waals surface area (Å²) < 4.78 is 0. The van der Waals surface area contributed by atoms with E-state index in [2.05, 4.69) is 16.0 Å². The van der Waals surface area contributed by atoms with Gasteiger partial charge in [-0.3, -0.25) is 14.4 Å². The largest absolute Gasteiger partial charge is 0.344 e. The summed E-state index contributed by atoms with van der Waals surface area (Å²) in [5.41, 5.74) is 1.10. The predicted molar refractivity (Wildman–Crippen MR) is 134 cm³/mol. The minimum atomic E-state index is -0.623. The van der Waals surface area contributed by atoms with Crippen LogP contribution in [-0.2, 0) is 20.8 Å². The summed E-state index contributed by atoms with van der Waals surface area (Å²) in [5, 5.41) is 8.55.